The van der Waals surface area contributed by atoms with Crippen molar-refractivity contribution in [2.45, 2.75) is 109 Å². The Morgan fingerprint density at radius 3 is 2.67 bits per heavy atom. The predicted octanol–water partition coefficient (Wildman–Crippen LogP) is 3.50. The molecule has 4 heterocycles. The number of hydrogen-bond donors (Lipinski definition) is 4. The fourth-order valence-electron chi connectivity index (χ4n) is 6.67. The molecule has 1 aromatic carbocycles. The largest absolute Gasteiger partial charge is 0.387 e. The van der Waals surface area contributed by atoms with Crippen molar-refractivity contribution in [2.24, 2.45) is 5.92 Å². The van der Waals surface area contributed by atoms with Crippen molar-refractivity contribution in [2.75, 3.05) is 12.3 Å². The lowest BCUT2D eigenvalue weighted by Crippen LogP contribution is -2.52. The zero-order valence-electron chi connectivity index (χ0n) is 25.4. The Bertz CT molecular complexity index is 1570. The molecule has 4 atom stereocenters. The Hall–Kier alpha value is -3.12. The number of hydrogen-bond acceptors (Lipinski definition) is 9. The van der Waals surface area contributed by atoms with Crippen molar-refractivity contribution in [1.82, 2.24) is 34.4 Å². The van der Waals surface area contributed by atoms with Gasteiger partial charge in [-0.3, -0.25) is 9.47 Å². The van der Waals surface area contributed by atoms with Crippen LogP contribution in [0.15, 0.2) is 30.9 Å². The quantitative estimate of drug-likeness (QED) is 0.247. The number of rotatable bonds is 8. The van der Waals surface area contributed by atoms with Crippen LogP contribution < -0.4 is 5.73 Å². The maximum Gasteiger partial charge on any atom is 0.173 e. The van der Waals surface area contributed by atoms with E-state index in [0.717, 1.165) is 42.5 Å². The summed E-state index contributed by atoms with van der Waals surface area (Å²) in [5.74, 6) is 1.94. The highest BCUT2D eigenvalue weighted by molar-refractivity contribution is 5.81. The van der Waals surface area contributed by atoms with Crippen LogP contribution in [-0.2, 0) is 22.3 Å². The molecule has 11 heteroatoms. The molecule has 3 aromatic heterocycles. The number of nitrogens with two attached hydrogens (primary N) is 1. The molecular formula is C31H44N8O3. The number of nitrogens with zero attached hydrogens (tertiary/aromatic N) is 6. The Labute approximate surface area is 246 Å². The molecule has 2 fully saturated rings. The number of nitrogens with one attached hydrogen (secondary N) is 1. The molecule has 0 amide bonds. The van der Waals surface area contributed by atoms with Gasteiger partial charge < -0.3 is 25.7 Å². The molecule has 1 saturated heterocycles. The number of aryl methyl sites for hydroxylation is 1. The molecule has 1 unspecified atom stereocenters. The van der Waals surface area contributed by atoms with Crippen LogP contribution in [-0.4, -0.2) is 81.5 Å². The lowest BCUT2D eigenvalue weighted by molar-refractivity contribution is -0.133. The fraction of sp³-hybridized carbons (Fsp3) is 0.613. The highest BCUT2D eigenvalue weighted by Crippen LogP contribution is 2.40. The average Bonchev–Trinajstić information content (AvgIpc) is 3.58. The van der Waals surface area contributed by atoms with E-state index in [1.54, 1.807) is 11.5 Å². The van der Waals surface area contributed by atoms with Gasteiger partial charge in [0.25, 0.3) is 0 Å². The number of aliphatic hydroxyl groups is 2. The number of benzene rings is 1. The first-order valence-electron chi connectivity index (χ1n) is 15.1. The first-order valence-corrected chi connectivity index (χ1v) is 15.1. The van der Waals surface area contributed by atoms with E-state index in [-0.39, 0.29) is 17.3 Å². The SMILES string of the molecule is CC(C)N(CC1O[C@](C)(n2cnc3c(N)ncnc32)[C@H](O)[C@@H]1O)C1CC(CCc2nc3cc(C(C)(C)C)ccc3[nH]2)C1. The zero-order chi connectivity index (χ0) is 30.0. The van der Waals surface area contributed by atoms with Gasteiger partial charge in [0, 0.05) is 25.0 Å². The van der Waals surface area contributed by atoms with E-state index in [9.17, 15) is 10.2 Å². The summed E-state index contributed by atoms with van der Waals surface area (Å²) in [4.78, 5) is 23.4. The minimum absolute atomic E-state index is 0.101. The van der Waals surface area contributed by atoms with Crippen LogP contribution >= 0.6 is 0 Å². The molecule has 1 aliphatic carbocycles. The molecule has 11 nitrogen and oxygen atoms in total. The molecule has 0 radical (unpaired) electrons. The third kappa shape index (κ3) is 5.06. The van der Waals surface area contributed by atoms with Crippen LogP contribution in [0.5, 0.6) is 0 Å². The van der Waals surface area contributed by atoms with Crippen molar-refractivity contribution in [1.29, 1.82) is 0 Å². The second kappa shape index (κ2) is 10.6. The van der Waals surface area contributed by atoms with Gasteiger partial charge in [-0.15, -0.1) is 0 Å². The summed E-state index contributed by atoms with van der Waals surface area (Å²) in [6.07, 6.45) is 4.31. The number of ether oxygens (including phenoxy) is 1. The summed E-state index contributed by atoms with van der Waals surface area (Å²) in [7, 11) is 0. The summed E-state index contributed by atoms with van der Waals surface area (Å²) >= 11 is 0. The molecule has 226 valence electrons. The molecule has 0 bridgehead atoms. The van der Waals surface area contributed by atoms with Crippen LogP contribution in [0.1, 0.15) is 72.2 Å². The molecule has 42 heavy (non-hydrogen) atoms. The fourth-order valence-corrected chi connectivity index (χ4v) is 6.67. The van der Waals surface area contributed by atoms with Gasteiger partial charge in [0.2, 0.25) is 0 Å². The highest BCUT2D eigenvalue weighted by Gasteiger charge is 2.54. The van der Waals surface area contributed by atoms with Crippen molar-refractivity contribution in [3.63, 3.8) is 0 Å². The van der Waals surface area contributed by atoms with E-state index in [2.05, 4.69) is 77.7 Å². The maximum atomic E-state index is 11.2. The van der Waals surface area contributed by atoms with E-state index >= 15 is 0 Å². The number of nitrogen functional groups attached to an aromatic ring is 1. The summed E-state index contributed by atoms with van der Waals surface area (Å²) < 4.78 is 8.07. The zero-order valence-corrected chi connectivity index (χ0v) is 25.4. The number of aliphatic hydroxyl groups excluding tert-OH is 2. The van der Waals surface area contributed by atoms with Gasteiger partial charge in [-0.2, -0.15) is 0 Å². The molecule has 1 aliphatic heterocycles. The van der Waals surface area contributed by atoms with Crippen LogP contribution in [0.3, 0.4) is 0 Å². The first-order chi connectivity index (χ1) is 19.8. The van der Waals surface area contributed by atoms with E-state index in [0.29, 0.717) is 29.7 Å². The van der Waals surface area contributed by atoms with Crippen molar-refractivity contribution in [3.05, 3.63) is 42.2 Å². The minimum atomic E-state index is -1.25. The summed E-state index contributed by atoms with van der Waals surface area (Å²) in [5, 5.41) is 22.3. The lowest BCUT2D eigenvalue weighted by Gasteiger charge is -2.46. The minimum Gasteiger partial charge on any atom is -0.387 e. The van der Waals surface area contributed by atoms with E-state index in [4.69, 9.17) is 15.5 Å². The standard InChI is InChI=1S/C31H44N8O3/c1-17(2)38(14-23-26(40)27(41)31(6,42-23)39-16-35-25-28(32)33-15-34-29(25)39)20-11-18(12-20)7-10-24-36-21-9-8-19(30(3,4)5)13-22(21)37-24/h8-9,13,15-18,20,23,26-27,40-41H,7,10-12,14H2,1-6H3,(H,36,37)(H2,32,33,34)/t18?,20?,23?,26-,27-,31+/m1/s1. The van der Waals surface area contributed by atoms with Crippen LogP contribution in [0.2, 0.25) is 0 Å². The van der Waals surface area contributed by atoms with Crippen molar-refractivity contribution >= 4 is 28.0 Å². The third-order valence-corrected chi connectivity index (χ3v) is 9.40. The molecule has 1 saturated carbocycles. The normalized spacial score (nSPS) is 28.4. The molecule has 0 spiro atoms. The van der Waals surface area contributed by atoms with Crippen LogP contribution in [0, 0.1) is 5.92 Å². The maximum absolute atomic E-state index is 11.2. The van der Waals surface area contributed by atoms with Crippen LogP contribution in [0.25, 0.3) is 22.2 Å². The summed E-state index contributed by atoms with van der Waals surface area (Å²) in [5.41, 5.74) is 9.15. The number of aromatic nitrogens is 6. The first kappa shape index (κ1) is 29.0. The monoisotopic (exact) mass is 576 g/mol. The number of imidazole rings is 2. The number of fused-ring (bicyclic) bond motifs is 2. The topological polar surface area (TPSA) is 151 Å². The van der Waals surface area contributed by atoms with Gasteiger partial charge in [-0.25, -0.2) is 19.9 Å². The Morgan fingerprint density at radius 2 is 1.95 bits per heavy atom. The molecule has 6 rings (SSSR count). The van der Waals surface area contributed by atoms with Crippen molar-refractivity contribution < 1.29 is 14.9 Å². The third-order valence-electron chi connectivity index (χ3n) is 9.40. The number of anilines is 1. The summed E-state index contributed by atoms with van der Waals surface area (Å²) in [6.45, 7) is 13.3. The smallest absolute Gasteiger partial charge is 0.173 e. The Morgan fingerprint density at radius 1 is 1.19 bits per heavy atom. The van der Waals surface area contributed by atoms with E-state index in [1.165, 1.54) is 18.2 Å². The van der Waals surface area contributed by atoms with E-state index < -0.39 is 24.0 Å². The van der Waals surface area contributed by atoms with Gasteiger partial charge >= 0.3 is 0 Å². The van der Waals surface area contributed by atoms with Gasteiger partial charge in [0.1, 0.15) is 36.0 Å². The Kier molecular flexibility index (Phi) is 7.28. The summed E-state index contributed by atoms with van der Waals surface area (Å²) in [6, 6.07) is 7.21. The van der Waals surface area contributed by atoms with Crippen molar-refractivity contribution in [3.8, 4) is 0 Å². The average molecular weight is 577 g/mol. The van der Waals surface area contributed by atoms with Gasteiger partial charge in [-0.1, -0.05) is 26.8 Å². The van der Waals surface area contributed by atoms with Gasteiger partial charge in [0.05, 0.1) is 17.4 Å². The highest BCUT2D eigenvalue weighted by atomic mass is 16.6. The molecule has 2 aliphatic rings. The second-order valence-electron chi connectivity index (χ2n) is 13.7. The van der Waals surface area contributed by atoms with Gasteiger partial charge in [0.15, 0.2) is 17.2 Å². The number of H-pyrrole nitrogens is 1. The van der Waals surface area contributed by atoms with Gasteiger partial charge in [-0.05, 0) is 69.1 Å². The Balaban J connectivity index is 1.08. The predicted molar refractivity (Wildman–Crippen MR) is 162 cm³/mol. The second-order valence-corrected chi connectivity index (χ2v) is 13.7. The molecule has 5 N–H and O–H groups in total. The molecule has 4 aromatic rings. The number of aromatic amines is 1. The van der Waals surface area contributed by atoms with Crippen LogP contribution in [0.4, 0.5) is 5.82 Å². The lowest BCUT2D eigenvalue weighted by atomic mass is 9.76. The van der Waals surface area contributed by atoms with E-state index in [1.807, 2.05) is 0 Å². The molecular weight excluding hydrogens is 532 g/mol.